The molecule has 0 fully saturated rings. The van der Waals surface area contributed by atoms with Crippen molar-refractivity contribution in [1.82, 2.24) is 5.32 Å². The van der Waals surface area contributed by atoms with Crippen LogP contribution in [0.1, 0.15) is 35.4 Å². The molecule has 3 rings (SSSR count). The van der Waals surface area contributed by atoms with E-state index in [4.69, 9.17) is 14.7 Å². The van der Waals surface area contributed by atoms with Crippen molar-refractivity contribution < 1.29 is 14.3 Å². The van der Waals surface area contributed by atoms with Gasteiger partial charge in [0.15, 0.2) is 11.5 Å². The van der Waals surface area contributed by atoms with Gasteiger partial charge in [0, 0.05) is 24.9 Å². The highest BCUT2D eigenvalue weighted by atomic mass is 16.5. The maximum Gasteiger partial charge on any atom is 0.220 e. The van der Waals surface area contributed by atoms with Crippen LogP contribution in [-0.2, 0) is 4.79 Å². The van der Waals surface area contributed by atoms with Crippen LogP contribution in [0.15, 0.2) is 78.9 Å². The van der Waals surface area contributed by atoms with Crippen LogP contribution in [0.3, 0.4) is 0 Å². The minimum absolute atomic E-state index is 0.00717. The smallest absolute Gasteiger partial charge is 0.220 e. The molecule has 1 N–H and O–H groups in total. The van der Waals surface area contributed by atoms with Gasteiger partial charge in [-0.3, -0.25) is 4.79 Å². The van der Waals surface area contributed by atoms with Crippen LogP contribution in [0.4, 0.5) is 0 Å². The molecule has 0 unspecified atom stereocenters. The predicted molar refractivity (Wildman–Crippen MR) is 120 cm³/mol. The molecule has 158 valence electrons. The summed E-state index contributed by atoms with van der Waals surface area (Å²) in [5.74, 6) is 1.17. The van der Waals surface area contributed by atoms with E-state index in [1.165, 1.54) is 18.2 Å². The van der Waals surface area contributed by atoms with E-state index >= 15 is 0 Å². The average molecular weight is 415 g/mol. The number of hydrogen-bond donors (Lipinski definition) is 1. The Morgan fingerprint density at radius 3 is 2.19 bits per heavy atom. The maximum absolute atomic E-state index is 12.4. The molecule has 5 nitrogen and oxygen atoms in total. The Balaban J connectivity index is 1.49. The van der Waals surface area contributed by atoms with Crippen LogP contribution >= 0.6 is 0 Å². The number of hydrogen-bond acceptors (Lipinski definition) is 4. The van der Waals surface area contributed by atoms with Crippen molar-refractivity contribution >= 4 is 5.91 Å². The van der Waals surface area contributed by atoms with Crippen LogP contribution in [0.5, 0.6) is 11.5 Å². The molecule has 3 aromatic carbocycles. The van der Waals surface area contributed by atoms with E-state index in [9.17, 15) is 4.79 Å². The Morgan fingerprint density at radius 1 is 0.968 bits per heavy atom. The Bertz CT molecular complexity index is 974. The Morgan fingerprint density at radius 2 is 1.61 bits per heavy atom. The molecule has 1 amide bonds. The second-order valence-corrected chi connectivity index (χ2v) is 7.11. The van der Waals surface area contributed by atoms with E-state index in [-0.39, 0.29) is 11.8 Å². The highest BCUT2D eigenvalue weighted by Crippen LogP contribution is 2.28. The summed E-state index contributed by atoms with van der Waals surface area (Å²) >= 11 is 0. The number of ether oxygens (including phenoxy) is 2. The summed E-state index contributed by atoms with van der Waals surface area (Å²) in [7, 11) is 1.53. The minimum Gasteiger partial charge on any atom is -0.493 e. The van der Waals surface area contributed by atoms with E-state index in [1.54, 1.807) is 18.2 Å². The first kappa shape index (κ1) is 21.9. The van der Waals surface area contributed by atoms with Gasteiger partial charge < -0.3 is 14.8 Å². The summed E-state index contributed by atoms with van der Waals surface area (Å²) in [6.07, 6.45) is 0.950. The number of methoxy groups -OCH3 is 1. The molecule has 31 heavy (non-hydrogen) atoms. The summed E-state index contributed by atoms with van der Waals surface area (Å²) in [6.45, 7) is 0.924. The van der Waals surface area contributed by atoms with E-state index in [0.29, 0.717) is 43.1 Å². The highest BCUT2D eigenvalue weighted by molar-refractivity contribution is 5.76. The Labute approximate surface area is 183 Å². The van der Waals surface area contributed by atoms with Gasteiger partial charge in [0.25, 0.3) is 0 Å². The molecule has 0 aliphatic carbocycles. The van der Waals surface area contributed by atoms with Gasteiger partial charge in [0.05, 0.1) is 25.3 Å². The molecule has 0 aliphatic heterocycles. The topological polar surface area (TPSA) is 71.3 Å². The molecule has 0 bridgehead atoms. The monoisotopic (exact) mass is 414 g/mol. The van der Waals surface area contributed by atoms with Gasteiger partial charge >= 0.3 is 0 Å². The minimum atomic E-state index is -0.00717. The van der Waals surface area contributed by atoms with Crippen LogP contribution in [0.25, 0.3) is 0 Å². The molecule has 0 atom stereocenters. The van der Waals surface area contributed by atoms with E-state index in [1.807, 2.05) is 36.4 Å². The summed E-state index contributed by atoms with van der Waals surface area (Å²) in [4.78, 5) is 12.4. The van der Waals surface area contributed by atoms with Crippen LogP contribution in [0, 0.1) is 11.3 Å². The lowest BCUT2D eigenvalue weighted by atomic mass is 9.91. The summed E-state index contributed by atoms with van der Waals surface area (Å²) in [5.41, 5.74) is 2.85. The summed E-state index contributed by atoms with van der Waals surface area (Å²) in [6, 6.07) is 27.5. The quantitative estimate of drug-likeness (QED) is 0.489. The first-order valence-electron chi connectivity index (χ1n) is 10.3. The molecule has 0 aromatic heterocycles. The molecule has 3 aromatic rings. The molecule has 0 radical (unpaired) electrons. The first-order valence-corrected chi connectivity index (χ1v) is 10.3. The number of benzene rings is 3. The van der Waals surface area contributed by atoms with Crippen molar-refractivity contribution in [3.8, 4) is 17.6 Å². The number of carbonyl (C=O) groups excluding carboxylic acids is 1. The van der Waals surface area contributed by atoms with Gasteiger partial charge in [-0.2, -0.15) is 5.26 Å². The first-order chi connectivity index (χ1) is 15.2. The Hall–Kier alpha value is -3.78. The van der Waals surface area contributed by atoms with E-state index < -0.39 is 0 Å². The number of nitrogens with one attached hydrogen (secondary N) is 1. The molecule has 0 heterocycles. The number of nitriles is 1. The summed E-state index contributed by atoms with van der Waals surface area (Å²) < 4.78 is 11.0. The van der Waals surface area contributed by atoms with Crippen molar-refractivity contribution in [1.29, 1.82) is 5.26 Å². The van der Waals surface area contributed by atoms with Gasteiger partial charge in [0.1, 0.15) is 0 Å². The normalized spacial score (nSPS) is 10.4. The Kier molecular flexibility index (Phi) is 8.07. The van der Waals surface area contributed by atoms with E-state index in [2.05, 4.69) is 35.7 Å². The molecular weight excluding hydrogens is 388 g/mol. The molecule has 0 saturated carbocycles. The van der Waals surface area contributed by atoms with Gasteiger partial charge in [-0.15, -0.1) is 0 Å². The maximum atomic E-state index is 12.4. The van der Waals surface area contributed by atoms with Crippen molar-refractivity contribution in [2.24, 2.45) is 0 Å². The third kappa shape index (κ3) is 6.35. The van der Waals surface area contributed by atoms with Crippen LogP contribution in [0.2, 0.25) is 0 Å². The average Bonchev–Trinajstić information content (AvgIpc) is 2.83. The number of rotatable bonds is 10. The van der Waals surface area contributed by atoms with Gasteiger partial charge in [-0.1, -0.05) is 60.7 Å². The summed E-state index contributed by atoms with van der Waals surface area (Å²) in [5, 5.41) is 12.0. The lowest BCUT2D eigenvalue weighted by Gasteiger charge is -2.19. The largest absolute Gasteiger partial charge is 0.493 e. The number of carbonyl (C=O) groups is 1. The fourth-order valence-corrected chi connectivity index (χ4v) is 3.37. The predicted octanol–water partition coefficient (Wildman–Crippen LogP) is 4.67. The fourth-order valence-electron chi connectivity index (χ4n) is 3.37. The molecule has 0 saturated heterocycles. The van der Waals surface area contributed by atoms with Crippen molar-refractivity contribution in [2.45, 2.75) is 18.8 Å². The zero-order valence-corrected chi connectivity index (χ0v) is 17.6. The zero-order valence-electron chi connectivity index (χ0n) is 17.6. The lowest BCUT2D eigenvalue weighted by molar-refractivity contribution is -0.121. The zero-order chi connectivity index (χ0) is 21.9. The second kappa shape index (κ2) is 11.4. The highest BCUT2D eigenvalue weighted by Gasteiger charge is 2.15. The van der Waals surface area contributed by atoms with Gasteiger partial charge in [-0.05, 0) is 29.7 Å². The SMILES string of the molecule is COc1cc(C#N)ccc1OCCCC(=O)NCC(c1ccccc1)c1ccccc1. The van der Waals surface area contributed by atoms with E-state index in [0.717, 1.165) is 0 Å². The standard InChI is InChI=1S/C26H26N2O3/c1-30-25-17-20(18-27)14-15-24(25)31-16-8-13-26(29)28-19-23(21-9-4-2-5-10-21)22-11-6-3-7-12-22/h2-7,9-12,14-15,17,23H,8,13,16,19H2,1H3,(H,28,29). The molecule has 0 spiro atoms. The second-order valence-electron chi connectivity index (χ2n) is 7.11. The lowest BCUT2D eigenvalue weighted by Crippen LogP contribution is -2.29. The third-order valence-corrected chi connectivity index (χ3v) is 5.01. The van der Waals surface area contributed by atoms with Crippen LogP contribution < -0.4 is 14.8 Å². The third-order valence-electron chi connectivity index (χ3n) is 5.01. The van der Waals surface area contributed by atoms with Crippen molar-refractivity contribution in [3.05, 3.63) is 95.6 Å². The molecule has 5 heteroatoms. The fraction of sp³-hybridized carbons (Fsp3) is 0.231. The molecule has 0 aliphatic rings. The van der Waals surface area contributed by atoms with Gasteiger partial charge in [-0.25, -0.2) is 0 Å². The van der Waals surface area contributed by atoms with Crippen LogP contribution in [-0.4, -0.2) is 26.2 Å². The number of nitrogens with zero attached hydrogens (tertiary/aromatic N) is 1. The van der Waals surface area contributed by atoms with Gasteiger partial charge in [0.2, 0.25) is 5.91 Å². The number of amides is 1. The molecular formula is C26H26N2O3. The van der Waals surface area contributed by atoms with Crippen molar-refractivity contribution in [2.75, 3.05) is 20.3 Å². The van der Waals surface area contributed by atoms with Crippen molar-refractivity contribution in [3.63, 3.8) is 0 Å².